The molecule has 2 amide bonds. The van der Waals surface area contributed by atoms with Gasteiger partial charge in [0.1, 0.15) is 11.8 Å². The maximum atomic E-state index is 13.0. The van der Waals surface area contributed by atoms with E-state index in [4.69, 9.17) is 4.74 Å². The smallest absolute Gasteiger partial charge is 0.261 e. The SMILES string of the molecule is CNC(=O)[C@@H](C)N(Cc1ccc(Br)cc1)C(=O)COc1ccccc1C(C)(C)C. The van der Waals surface area contributed by atoms with Crippen LogP contribution in [0.3, 0.4) is 0 Å². The van der Waals surface area contributed by atoms with Crippen molar-refractivity contribution in [3.05, 3.63) is 64.1 Å². The van der Waals surface area contributed by atoms with Gasteiger partial charge in [-0.05, 0) is 41.7 Å². The molecule has 0 saturated carbocycles. The summed E-state index contributed by atoms with van der Waals surface area (Å²) in [6.45, 7) is 8.22. The van der Waals surface area contributed by atoms with Crippen LogP contribution in [-0.2, 0) is 21.5 Å². The number of ether oxygens (including phenoxy) is 1. The highest BCUT2D eigenvalue weighted by atomic mass is 79.9. The minimum Gasteiger partial charge on any atom is -0.483 e. The van der Waals surface area contributed by atoms with Gasteiger partial charge in [0.05, 0.1) is 0 Å². The number of nitrogens with zero attached hydrogens (tertiary/aromatic N) is 1. The molecule has 0 aromatic heterocycles. The molecule has 2 aromatic rings. The first kappa shape index (κ1) is 22.9. The second-order valence-corrected chi connectivity index (χ2v) is 8.89. The van der Waals surface area contributed by atoms with E-state index in [-0.39, 0.29) is 23.8 Å². The largest absolute Gasteiger partial charge is 0.483 e. The average molecular weight is 461 g/mol. The molecule has 156 valence electrons. The Morgan fingerprint density at radius 1 is 1.10 bits per heavy atom. The van der Waals surface area contributed by atoms with Crippen molar-refractivity contribution < 1.29 is 14.3 Å². The number of halogens is 1. The molecular formula is C23H29BrN2O3. The number of hydrogen-bond donors (Lipinski definition) is 1. The highest BCUT2D eigenvalue weighted by molar-refractivity contribution is 9.10. The first-order valence-electron chi connectivity index (χ1n) is 9.61. The van der Waals surface area contributed by atoms with E-state index in [1.54, 1.807) is 18.9 Å². The number of hydrogen-bond acceptors (Lipinski definition) is 3. The topological polar surface area (TPSA) is 58.6 Å². The van der Waals surface area contributed by atoms with Gasteiger partial charge in [0.25, 0.3) is 5.91 Å². The van der Waals surface area contributed by atoms with Gasteiger partial charge < -0.3 is 15.0 Å². The second-order valence-electron chi connectivity index (χ2n) is 7.97. The molecule has 6 heteroatoms. The molecule has 0 aliphatic carbocycles. The predicted octanol–water partition coefficient (Wildman–Crippen LogP) is 4.29. The van der Waals surface area contributed by atoms with Crippen LogP contribution >= 0.6 is 15.9 Å². The molecule has 2 aromatic carbocycles. The van der Waals surface area contributed by atoms with Crippen LogP contribution in [0.25, 0.3) is 0 Å². The Hall–Kier alpha value is -2.34. The number of carbonyl (C=O) groups is 2. The fourth-order valence-electron chi connectivity index (χ4n) is 3.01. The van der Waals surface area contributed by atoms with Gasteiger partial charge in [-0.15, -0.1) is 0 Å². The van der Waals surface area contributed by atoms with Crippen molar-refractivity contribution in [3.63, 3.8) is 0 Å². The van der Waals surface area contributed by atoms with Gasteiger partial charge >= 0.3 is 0 Å². The minimum atomic E-state index is -0.613. The van der Waals surface area contributed by atoms with Crippen molar-refractivity contribution in [2.75, 3.05) is 13.7 Å². The van der Waals surface area contributed by atoms with E-state index in [0.29, 0.717) is 12.3 Å². The van der Waals surface area contributed by atoms with Crippen molar-refractivity contribution in [2.45, 2.75) is 45.7 Å². The Labute approximate surface area is 181 Å². The lowest BCUT2D eigenvalue weighted by atomic mass is 9.86. The predicted molar refractivity (Wildman–Crippen MR) is 119 cm³/mol. The summed E-state index contributed by atoms with van der Waals surface area (Å²) in [6, 6.07) is 14.8. The molecule has 0 aliphatic heterocycles. The van der Waals surface area contributed by atoms with E-state index < -0.39 is 6.04 Å². The molecule has 5 nitrogen and oxygen atoms in total. The van der Waals surface area contributed by atoms with Crippen LogP contribution in [0.15, 0.2) is 53.0 Å². The van der Waals surface area contributed by atoms with Gasteiger partial charge in [-0.25, -0.2) is 0 Å². The Bertz CT molecular complexity index is 844. The zero-order valence-electron chi connectivity index (χ0n) is 17.7. The Balaban J connectivity index is 2.19. The molecule has 2 rings (SSSR count). The van der Waals surface area contributed by atoms with E-state index in [1.165, 1.54) is 0 Å². The molecule has 0 saturated heterocycles. The third-order valence-electron chi connectivity index (χ3n) is 4.73. The van der Waals surface area contributed by atoms with Gasteiger partial charge in [-0.1, -0.05) is 67.0 Å². The van der Waals surface area contributed by atoms with Crippen LogP contribution in [-0.4, -0.2) is 36.4 Å². The van der Waals surface area contributed by atoms with Crippen LogP contribution in [0.1, 0.15) is 38.8 Å². The second kappa shape index (κ2) is 9.92. The van der Waals surface area contributed by atoms with E-state index >= 15 is 0 Å². The zero-order chi connectivity index (χ0) is 21.6. The molecule has 0 fully saturated rings. The minimum absolute atomic E-state index is 0.105. The summed E-state index contributed by atoms with van der Waals surface area (Å²) in [5.41, 5.74) is 1.87. The van der Waals surface area contributed by atoms with Gasteiger partial charge in [0.15, 0.2) is 6.61 Å². The van der Waals surface area contributed by atoms with Gasteiger partial charge in [-0.2, -0.15) is 0 Å². The van der Waals surface area contributed by atoms with Crippen LogP contribution in [0, 0.1) is 0 Å². The fourth-order valence-corrected chi connectivity index (χ4v) is 3.28. The third-order valence-corrected chi connectivity index (χ3v) is 5.25. The number of carbonyl (C=O) groups excluding carboxylic acids is 2. The molecule has 0 unspecified atom stereocenters. The molecule has 0 radical (unpaired) electrons. The maximum absolute atomic E-state index is 13.0. The summed E-state index contributed by atoms with van der Waals surface area (Å²) in [4.78, 5) is 26.8. The number of benzene rings is 2. The van der Waals surface area contributed by atoms with Gasteiger partial charge in [0.2, 0.25) is 5.91 Å². The summed E-state index contributed by atoms with van der Waals surface area (Å²) in [5.74, 6) is 0.225. The first-order chi connectivity index (χ1) is 13.6. The van der Waals surface area contributed by atoms with Gasteiger partial charge in [-0.3, -0.25) is 9.59 Å². The standard InChI is InChI=1S/C23H29BrN2O3/c1-16(22(28)25-5)26(14-17-10-12-18(24)13-11-17)21(27)15-29-20-9-7-6-8-19(20)23(2,3)4/h6-13,16H,14-15H2,1-5H3,(H,25,28)/t16-/m1/s1. The third kappa shape index (κ3) is 6.32. The number of likely N-dealkylation sites (N-methyl/N-ethyl adjacent to an activating group) is 1. The lowest BCUT2D eigenvalue weighted by Crippen LogP contribution is -2.48. The number of nitrogens with one attached hydrogen (secondary N) is 1. The Morgan fingerprint density at radius 2 is 1.72 bits per heavy atom. The molecule has 1 atom stereocenters. The number of para-hydroxylation sites is 1. The number of rotatable bonds is 7. The van der Waals surface area contributed by atoms with Gasteiger partial charge in [0, 0.05) is 18.1 Å². The summed E-state index contributed by atoms with van der Waals surface area (Å²) in [6.07, 6.45) is 0. The zero-order valence-corrected chi connectivity index (χ0v) is 19.2. The van der Waals surface area contributed by atoms with E-state index in [1.807, 2.05) is 48.5 Å². The summed E-state index contributed by atoms with van der Waals surface area (Å²) in [7, 11) is 1.57. The molecule has 0 spiro atoms. The Kier molecular flexibility index (Phi) is 7.85. The van der Waals surface area contributed by atoms with Crippen LogP contribution < -0.4 is 10.1 Å². The van der Waals surface area contributed by atoms with Crippen molar-refractivity contribution >= 4 is 27.7 Å². The normalized spacial score (nSPS) is 12.2. The highest BCUT2D eigenvalue weighted by Crippen LogP contribution is 2.31. The highest BCUT2D eigenvalue weighted by Gasteiger charge is 2.26. The van der Waals surface area contributed by atoms with E-state index in [2.05, 4.69) is 42.0 Å². The summed E-state index contributed by atoms with van der Waals surface area (Å²) in [5, 5.41) is 2.62. The Morgan fingerprint density at radius 3 is 2.31 bits per heavy atom. The summed E-state index contributed by atoms with van der Waals surface area (Å²) < 4.78 is 6.86. The van der Waals surface area contributed by atoms with Crippen LogP contribution in [0.5, 0.6) is 5.75 Å². The quantitative estimate of drug-likeness (QED) is 0.670. The monoisotopic (exact) mass is 460 g/mol. The first-order valence-corrected chi connectivity index (χ1v) is 10.4. The van der Waals surface area contributed by atoms with Crippen molar-refractivity contribution in [3.8, 4) is 5.75 Å². The van der Waals surface area contributed by atoms with Crippen molar-refractivity contribution in [1.82, 2.24) is 10.2 Å². The lowest BCUT2D eigenvalue weighted by Gasteiger charge is -2.29. The molecular weight excluding hydrogens is 432 g/mol. The van der Waals surface area contributed by atoms with E-state index in [0.717, 1.165) is 15.6 Å². The summed E-state index contributed by atoms with van der Waals surface area (Å²) >= 11 is 3.41. The average Bonchev–Trinajstić information content (AvgIpc) is 2.70. The fraction of sp³-hybridized carbons (Fsp3) is 0.391. The van der Waals surface area contributed by atoms with Crippen molar-refractivity contribution in [1.29, 1.82) is 0 Å². The molecule has 0 heterocycles. The number of amides is 2. The van der Waals surface area contributed by atoms with Crippen LogP contribution in [0.2, 0.25) is 0 Å². The molecule has 29 heavy (non-hydrogen) atoms. The maximum Gasteiger partial charge on any atom is 0.261 e. The molecule has 0 bridgehead atoms. The molecule has 0 aliphatic rings. The lowest BCUT2D eigenvalue weighted by molar-refractivity contribution is -0.142. The van der Waals surface area contributed by atoms with E-state index in [9.17, 15) is 9.59 Å². The molecule has 1 N–H and O–H groups in total. The van der Waals surface area contributed by atoms with Crippen LogP contribution in [0.4, 0.5) is 0 Å². The van der Waals surface area contributed by atoms with Crippen molar-refractivity contribution in [2.24, 2.45) is 0 Å².